The van der Waals surface area contributed by atoms with Crippen LogP contribution < -0.4 is 5.32 Å². The molecule has 22 heavy (non-hydrogen) atoms. The first-order valence-electron chi connectivity index (χ1n) is 7.97. The van der Waals surface area contributed by atoms with Gasteiger partial charge in [-0.05, 0) is 52.2 Å². The van der Waals surface area contributed by atoms with E-state index in [0.717, 1.165) is 38.2 Å². The van der Waals surface area contributed by atoms with E-state index in [1.54, 1.807) is 0 Å². The summed E-state index contributed by atoms with van der Waals surface area (Å²) in [4.78, 5) is 18.5. The summed E-state index contributed by atoms with van der Waals surface area (Å²) in [7, 11) is 0. The summed E-state index contributed by atoms with van der Waals surface area (Å²) in [6.07, 6.45) is 3.67. The van der Waals surface area contributed by atoms with Crippen molar-refractivity contribution in [1.29, 1.82) is 0 Å². The maximum atomic E-state index is 12.2. The zero-order chi connectivity index (χ0) is 16.2. The average Bonchev–Trinajstić information content (AvgIpc) is 2.87. The summed E-state index contributed by atoms with van der Waals surface area (Å²) in [6, 6.07) is 4.21. The first kappa shape index (κ1) is 16.7. The highest BCUT2D eigenvalue weighted by Crippen LogP contribution is 2.20. The molecule has 0 aromatic carbocycles. The third-order valence-electron chi connectivity index (χ3n) is 3.80. The molecule has 5 nitrogen and oxygen atoms in total. The lowest BCUT2D eigenvalue weighted by Gasteiger charge is -2.28. The molecule has 1 N–H and O–H groups in total. The Kier molecular flexibility index (Phi) is 5.40. The van der Waals surface area contributed by atoms with Crippen molar-refractivity contribution in [2.75, 3.05) is 13.1 Å². The molecule has 122 valence electrons. The summed E-state index contributed by atoms with van der Waals surface area (Å²) >= 11 is 0. The number of rotatable bonds is 4. The van der Waals surface area contributed by atoms with Crippen molar-refractivity contribution in [2.24, 2.45) is 0 Å². The first-order valence-corrected chi connectivity index (χ1v) is 7.97. The smallest absolute Gasteiger partial charge is 0.410 e. The number of pyridine rings is 1. The normalized spacial score (nSPS) is 18.5. The summed E-state index contributed by atoms with van der Waals surface area (Å²) in [5.41, 5.74) is 1.80. The fourth-order valence-corrected chi connectivity index (χ4v) is 2.67. The Labute approximate surface area is 133 Å². The van der Waals surface area contributed by atoms with Crippen molar-refractivity contribution >= 4 is 6.09 Å². The molecule has 1 amide bonds. The summed E-state index contributed by atoms with van der Waals surface area (Å²) in [5.74, 6) is 0. The van der Waals surface area contributed by atoms with Gasteiger partial charge in [-0.3, -0.25) is 4.98 Å². The molecule has 1 aromatic rings. The van der Waals surface area contributed by atoms with Gasteiger partial charge in [-0.25, -0.2) is 4.79 Å². The van der Waals surface area contributed by atoms with E-state index >= 15 is 0 Å². The quantitative estimate of drug-likeness (QED) is 0.929. The van der Waals surface area contributed by atoms with E-state index < -0.39 is 5.60 Å². The highest BCUT2D eigenvalue weighted by atomic mass is 16.6. The molecule has 0 aliphatic carbocycles. The summed E-state index contributed by atoms with van der Waals surface area (Å²) < 4.78 is 5.48. The Bertz CT molecular complexity index is 511. The number of likely N-dealkylation sites (tertiary alicyclic amines) is 1. The third-order valence-corrected chi connectivity index (χ3v) is 3.80. The number of aryl methyl sites for hydroxylation is 1. The van der Waals surface area contributed by atoms with Crippen LogP contribution in [-0.4, -0.2) is 40.7 Å². The second-order valence-corrected chi connectivity index (χ2v) is 6.87. The van der Waals surface area contributed by atoms with Crippen molar-refractivity contribution in [1.82, 2.24) is 15.2 Å². The van der Waals surface area contributed by atoms with Crippen molar-refractivity contribution in [3.05, 3.63) is 29.6 Å². The molecule has 2 heterocycles. The Morgan fingerprint density at radius 1 is 1.50 bits per heavy atom. The van der Waals surface area contributed by atoms with Crippen molar-refractivity contribution < 1.29 is 9.53 Å². The molecular formula is C17H27N3O2. The predicted octanol–water partition coefficient (Wildman–Crippen LogP) is 2.88. The maximum Gasteiger partial charge on any atom is 0.410 e. The van der Waals surface area contributed by atoms with Gasteiger partial charge in [-0.2, -0.15) is 0 Å². The van der Waals surface area contributed by atoms with Gasteiger partial charge in [0, 0.05) is 31.9 Å². The SMILES string of the molecule is Cc1cccnc1CNCC1CCCN1C(=O)OC(C)(C)C. The van der Waals surface area contributed by atoms with Gasteiger partial charge in [0.15, 0.2) is 0 Å². The fourth-order valence-electron chi connectivity index (χ4n) is 2.67. The topological polar surface area (TPSA) is 54.5 Å². The number of aromatic nitrogens is 1. The van der Waals surface area contributed by atoms with Gasteiger partial charge in [0.05, 0.1) is 5.69 Å². The molecule has 1 unspecified atom stereocenters. The second kappa shape index (κ2) is 7.09. The van der Waals surface area contributed by atoms with E-state index in [0.29, 0.717) is 0 Å². The maximum absolute atomic E-state index is 12.2. The van der Waals surface area contributed by atoms with Crippen LogP contribution in [0.2, 0.25) is 0 Å². The van der Waals surface area contributed by atoms with Crippen LogP contribution in [0.3, 0.4) is 0 Å². The van der Waals surface area contributed by atoms with Crippen molar-refractivity contribution in [2.45, 2.75) is 58.7 Å². The predicted molar refractivity (Wildman–Crippen MR) is 86.6 cm³/mol. The number of nitrogens with zero attached hydrogens (tertiary/aromatic N) is 2. The Hall–Kier alpha value is -1.62. The molecule has 0 bridgehead atoms. The monoisotopic (exact) mass is 305 g/mol. The van der Waals surface area contributed by atoms with E-state index in [-0.39, 0.29) is 12.1 Å². The lowest BCUT2D eigenvalue weighted by Crippen LogP contribution is -2.44. The van der Waals surface area contributed by atoms with E-state index in [4.69, 9.17) is 4.74 Å². The van der Waals surface area contributed by atoms with Gasteiger partial charge >= 0.3 is 6.09 Å². The number of carbonyl (C=O) groups excluding carboxylic acids is 1. The van der Waals surface area contributed by atoms with Crippen molar-refractivity contribution in [3.63, 3.8) is 0 Å². The van der Waals surface area contributed by atoms with Crippen LogP contribution in [0.1, 0.15) is 44.9 Å². The molecule has 1 atom stereocenters. The number of hydrogen-bond acceptors (Lipinski definition) is 4. The minimum atomic E-state index is -0.442. The highest BCUT2D eigenvalue weighted by molar-refractivity contribution is 5.69. The zero-order valence-corrected chi connectivity index (χ0v) is 14.1. The van der Waals surface area contributed by atoms with Gasteiger partial charge in [0.1, 0.15) is 5.60 Å². The van der Waals surface area contributed by atoms with E-state index in [9.17, 15) is 4.79 Å². The number of carbonyl (C=O) groups is 1. The largest absolute Gasteiger partial charge is 0.444 e. The summed E-state index contributed by atoms with van der Waals surface area (Å²) in [6.45, 7) is 10.0. The molecule has 1 aliphatic heterocycles. The second-order valence-electron chi connectivity index (χ2n) is 6.87. The molecule has 0 saturated carbocycles. The van der Waals surface area contributed by atoms with Crippen LogP contribution in [0.4, 0.5) is 4.79 Å². The number of nitrogens with one attached hydrogen (secondary N) is 1. The van der Waals surface area contributed by atoms with Crippen molar-refractivity contribution in [3.8, 4) is 0 Å². The van der Waals surface area contributed by atoms with Gasteiger partial charge in [0.25, 0.3) is 0 Å². The molecule has 1 aliphatic rings. The van der Waals surface area contributed by atoms with Crippen LogP contribution in [0.25, 0.3) is 0 Å². The minimum Gasteiger partial charge on any atom is -0.444 e. The minimum absolute atomic E-state index is 0.203. The lowest BCUT2D eigenvalue weighted by molar-refractivity contribution is 0.0226. The Balaban J connectivity index is 1.84. The summed E-state index contributed by atoms with van der Waals surface area (Å²) in [5, 5.41) is 3.42. The van der Waals surface area contributed by atoms with Gasteiger partial charge in [-0.15, -0.1) is 0 Å². The van der Waals surface area contributed by atoms with Gasteiger partial charge in [0.2, 0.25) is 0 Å². The lowest BCUT2D eigenvalue weighted by atomic mass is 10.2. The fraction of sp³-hybridized carbons (Fsp3) is 0.647. The number of ether oxygens (including phenoxy) is 1. The molecular weight excluding hydrogens is 278 g/mol. The standard InChI is InChI=1S/C17H27N3O2/c1-13-7-5-9-19-15(13)12-18-11-14-8-6-10-20(14)16(21)22-17(2,3)4/h5,7,9,14,18H,6,8,10-12H2,1-4H3. The Morgan fingerprint density at radius 3 is 2.95 bits per heavy atom. The van der Waals surface area contributed by atoms with Gasteiger partial charge < -0.3 is 15.0 Å². The van der Waals surface area contributed by atoms with Crippen LogP contribution >= 0.6 is 0 Å². The number of hydrogen-bond donors (Lipinski definition) is 1. The van der Waals surface area contributed by atoms with Crippen LogP contribution in [0.5, 0.6) is 0 Å². The zero-order valence-electron chi connectivity index (χ0n) is 14.1. The molecule has 1 saturated heterocycles. The molecule has 1 fully saturated rings. The van der Waals surface area contributed by atoms with E-state index in [1.165, 1.54) is 5.56 Å². The van der Waals surface area contributed by atoms with Crippen LogP contribution in [-0.2, 0) is 11.3 Å². The van der Waals surface area contributed by atoms with Crippen LogP contribution in [0, 0.1) is 6.92 Å². The van der Waals surface area contributed by atoms with Gasteiger partial charge in [-0.1, -0.05) is 6.07 Å². The number of amides is 1. The molecule has 0 spiro atoms. The Morgan fingerprint density at radius 2 is 2.27 bits per heavy atom. The third kappa shape index (κ3) is 4.70. The van der Waals surface area contributed by atoms with E-state index in [2.05, 4.69) is 23.3 Å². The molecule has 0 radical (unpaired) electrons. The molecule has 1 aromatic heterocycles. The molecule has 5 heteroatoms. The molecule has 2 rings (SSSR count). The first-order chi connectivity index (χ1) is 10.4. The highest BCUT2D eigenvalue weighted by Gasteiger charge is 2.31. The van der Waals surface area contributed by atoms with E-state index in [1.807, 2.05) is 37.9 Å². The van der Waals surface area contributed by atoms with Crippen LogP contribution in [0.15, 0.2) is 18.3 Å². The average molecular weight is 305 g/mol.